The van der Waals surface area contributed by atoms with Crippen molar-refractivity contribution in [3.05, 3.63) is 12.2 Å². The summed E-state index contributed by atoms with van der Waals surface area (Å²) >= 11 is 5.28. The lowest BCUT2D eigenvalue weighted by atomic mass is 10.1. The highest BCUT2D eigenvalue weighted by atomic mass is 35.5. The summed E-state index contributed by atoms with van der Waals surface area (Å²) in [6, 6.07) is 0. The number of carbonyl (C=O) groups is 1. The molecule has 4 nitrogen and oxygen atoms in total. The first-order valence-corrected chi connectivity index (χ1v) is 4.33. The molecular formula is C8H16ClN3O. The molecule has 0 amide bonds. The molecule has 13 heavy (non-hydrogen) atoms. The second-order valence-corrected chi connectivity index (χ2v) is 3.05. The van der Waals surface area contributed by atoms with E-state index < -0.39 is 11.0 Å². The van der Waals surface area contributed by atoms with Crippen molar-refractivity contribution in [2.45, 2.75) is 12.2 Å². The van der Waals surface area contributed by atoms with Crippen molar-refractivity contribution < 1.29 is 4.79 Å². The van der Waals surface area contributed by atoms with E-state index in [1.807, 2.05) is 0 Å². The van der Waals surface area contributed by atoms with Crippen LogP contribution in [-0.2, 0) is 4.79 Å². The second-order valence-electron chi connectivity index (χ2n) is 2.71. The Morgan fingerprint density at radius 1 is 1.31 bits per heavy atom. The van der Waals surface area contributed by atoms with Gasteiger partial charge in [-0.2, -0.15) is 0 Å². The molecule has 0 bridgehead atoms. The van der Waals surface area contributed by atoms with Crippen molar-refractivity contribution in [2.24, 2.45) is 0 Å². The first kappa shape index (κ1) is 12.6. The number of halogens is 1. The zero-order valence-electron chi connectivity index (χ0n) is 8.20. The third-order valence-electron chi connectivity index (χ3n) is 2.04. The number of carbonyl (C=O) groups excluding carboxylic acids is 1. The van der Waals surface area contributed by atoms with Gasteiger partial charge in [-0.05, 0) is 32.7 Å². The topological polar surface area (TPSA) is 53.2 Å². The summed E-state index contributed by atoms with van der Waals surface area (Å²) in [7, 11) is 5.33. The summed E-state index contributed by atoms with van der Waals surface area (Å²) in [6.45, 7) is 3.58. The van der Waals surface area contributed by atoms with Gasteiger partial charge < -0.3 is 0 Å². The smallest absolute Gasteiger partial charge is 0.247 e. The predicted molar refractivity (Wildman–Crippen MR) is 54.5 cm³/mol. The maximum Gasteiger partial charge on any atom is 0.247 e. The fourth-order valence-corrected chi connectivity index (χ4v) is 1.10. The Kier molecular flexibility index (Phi) is 5.17. The van der Waals surface area contributed by atoms with Crippen LogP contribution in [0.2, 0.25) is 0 Å². The standard InChI is InChI=1S/C8H16ClN3O/c1-6(7(9)13)5-8(10-2,11-3)12-4/h10-12H,1,5H2,2-4H3. The predicted octanol–water partition coefficient (Wildman–Crippen LogP) is 0.0101. The minimum Gasteiger partial charge on any atom is -0.290 e. The van der Waals surface area contributed by atoms with Gasteiger partial charge in [0.2, 0.25) is 5.24 Å². The van der Waals surface area contributed by atoms with Crippen molar-refractivity contribution in [1.82, 2.24) is 16.0 Å². The van der Waals surface area contributed by atoms with E-state index in [0.717, 1.165) is 0 Å². The molecule has 0 fully saturated rings. The number of rotatable bonds is 6. The maximum atomic E-state index is 10.8. The molecular weight excluding hydrogens is 190 g/mol. The Morgan fingerprint density at radius 3 is 1.92 bits per heavy atom. The van der Waals surface area contributed by atoms with Crippen molar-refractivity contribution in [3.8, 4) is 0 Å². The van der Waals surface area contributed by atoms with Crippen LogP contribution in [0.25, 0.3) is 0 Å². The normalized spacial score (nSPS) is 11.4. The third-order valence-corrected chi connectivity index (χ3v) is 2.30. The van der Waals surface area contributed by atoms with Crippen LogP contribution in [0.4, 0.5) is 0 Å². The summed E-state index contributed by atoms with van der Waals surface area (Å²) in [4.78, 5) is 10.8. The van der Waals surface area contributed by atoms with E-state index in [4.69, 9.17) is 11.6 Å². The number of nitrogens with one attached hydrogen (secondary N) is 3. The van der Waals surface area contributed by atoms with Gasteiger partial charge in [0.05, 0.1) is 0 Å². The summed E-state index contributed by atoms with van der Waals surface area (Å²) in [5, 5.41) is 8.51. The molecule has 0 aliphatic heterocycles. The molecule has 0 atom stereocenters. The van der Waals surface area contributed by atoms with Crippen LogP contribution in [0.3, 0.4) is 0 Å². The van der Waals surface area contributed by atoms with E-state index in [2.05, 4.69) is 22.5 Å². The second kappa shape index (κ2) is 5.34. The van der Waals surface area contributed by atoms with E-state index in [9.17, 15) is 4.79 Å². The zero-order valence-corrected chi connectivity index (χ0v) is 8.96. The Hall–Kier alpha value is -0.420. The highest BCUT2D eigenvalue weighted by Gasteiger charge is 2.25. The Labute approximate surface area is 83.7 Å². The largest absolute Gasteiger partial charge is 0.290 e. The highest BCUT2D eigenvalue weighted by Crippen LogP contribution is 2.11. The van der Waals surface area contributed by atoms with E-state index in [1.54, 1.807) is 21.1 Å². The fourth-order valence-electron chi connectivity index (χ4n) is 1.03. The quantitative estimate of drug-likeness (QED) is 0.325. The van der Waals surface area contributed by atoms with Crippen LogP contribution in [0, 0.1) is 0 Å². The van der Waals surface area contributed by atoms with Gasteiger partial charge in [-0.3, -0.25) is 20.7 Å². The molecule has 0 heterocycles. The lowest BCUT2D eigenvalue weighted by Crippen LogP contribution is -2.63. The first-order valence-electron chi connectivity index (χ1n) is 3.95. The van der Waals surface area contributed by atoms with Gasteiger partial charge in [-0.15, -0.1) is 0 Å². The van der Waals surface area contributed by atoms with Crippen LogP contribution in [0.5, 0.6) is 0 Å². The van der Waals surface area contributed by atoms with Crippen LogP contribution in [-0.4, -0.2) is 32.2 Å². The minimum absolute atomic E-state index is 0.361. The van der Waals surface area contributed by atoms with Gasteiger partial charge in [-0.1, -0.05) is 6.58 Å². The molecule has 5 heteroatoms. The number of hydrogen-bond donors (Lipinski definition) is 3. The molecule has 0 saturated carbocycles. The van der Waals surface area contributed by atoms with Crippen molar-refractivity contribution in [1.29, 1.82) is 0 Å². The Balaban J connectivity index is 4.42. The minimum atomic E-state index is -0.526. The summed E-state index contributed by atoms with van der Waals surface area (Å²) in [5.74, 6) is -0.526. The van der Waals surface area contributed by atoms with Crippen molar-refractivity contribution in [2.75, 3.05) is 21.1 Å². The maximum absolute atomic E-state index is 10.8. The van der Waals surface area contributed by atoms with E-state index in [-0.39, 0.29) is 0 Å². The molecule has 0 aliphatic rings. The molecule has 0 aromatic carbocycles. The molecule has 0 aliphatic carbocycles. The molecule has 0 aromatic heterocycles. The lowest BCUT2D eigenvalue weighted by molar-refractivity contribution is -0.108. The Bertz CT molecular complexity index is 193. The van der Waals surface area contributed by atoms with Crippen LogP contribution in [0.15, 0.2) is 12.2 Å². The highest BCUT2D eigenvalue weighted by molar-refractivity contribution is 6.67. The van der Waals surface area contributed by atoms with Gasteiger partial charge in [0, 0.05) is 12.0 Å². The molecule has 3 N–H and O–H groups in total. The van der Waals surface area contributed by atoms with Gasteiger partial charge in [0.1, 0.15) is 5.79 Å². The summed E-state index contributed by atoms with van der Waals surface area (Å²) in [5.41, 5.74) is 0.361. The molecule has 0 saturated heterocycles. The summed E-state index contributed by atoms with van der Waals surface area (Å²) in [6.07, 6.45) is 0.402. The van der Waals surface area contributed by atoms with Crippen LogP contribution < -0.4 is 16.0 Å². The monoisotopic (exact) mass is 205 g/mol. The lowest BCUT2D eigenvalue weighted by Gasteiger charge is -2.32. The first-order chi connectivity index (χ1) is 6.01. The molecule has 0 spiro atoms. The van der Waals surface area contributed by atoms with Gasteiger partial charge >= 0.3 is 0 Å². The van der Waals surface area contributed by atoms with Gasteiger partial charge in [0.25, 0.3) is 0 Å². The van der Waals surface area contributed by atoms with Crippen LogP contribution in [0.1, 0.15) is 6.42 Å². The van der Waals surface area contributed by atoms with E-state index in [0.29, 0.717) is 12.0 Å². The van der Waals surface area contributed by atoms with E-state index >= 15 is 0 Å². The van der Waals surface area contributed by atoms with Gasteiger partial charge in [0.15, 0.2) is 0 Å². The van der Waals surface area contributed by atoms with E-state index in [1.165, 1.54) is 0 Å². The fraction of sp³-hybridized carbons (Fsp3) is 0.625. The molecule has 76 valence electrons. The van der Waals surface area contributed by atoms with Crippen LogP contribution >= 0.6 is 11.6 Å². The number of hydrogen-bond acceptors (Lipinski definition) is 4. The van der Waals surface area contributed by atoms with Crippen molar-refractivity contribution >= 4 is 16.8 Å². The third kappa shape index (κ3) is 3.44. The van der Waals surface area contributed by atoms with Crippen molar-refractivity contribution in [3.63, 3.8) is 0 Å². The zero-order chi connectivity index (χ0) is 10.5. The molecule has 0 aromatic rings. The SMILES string of the molecule is C=C(CC(NC)(NC)NC)C(=O)Cl. The Morgan fingerprint density at radius 2 is 1.69 bits per heavy atom. The molecule has 0 unspecified atom stereocenters. The van der Waals surface area contributed by atoms with Gasteiger partial charge in [-0.25, -0.2) is 0 Å². The summed E-state index contributed by atoms with van der Waals surface area (Å²) < 4.78 is 0. The average molecular weight is 206 g/mol. The molecule has 0 rings (SSSR count). The average Bonchev–Trinajstić information content (AvgIpc) is 2.14. The molecule has 0 radical (unpaired) electrons.